The molecule has 1 heterocycles. The van der Waals surface area contributed by atoms with E-state index in [4.69, 9.17) is 17.3 Å². The van der Waals surface area contributed by atoms with Crippen LogP contribution in [0.2, 0.25) is 5.02 Å². The summed E-state index contributed by atoms with van der Waals surface area (Å²) in [4.78, 5) is 0. The van der Waals surface area contributed by atoms with Crippen molar-refractivity contribution >= 4 is 38.9 Å². The molecule has 1 unspecified atom stereocenters. The van der Waals surface area contributed by atoms with E-state index < -0.39 is 0 Å². The largest absolute Gasteiger partial charge is 0.318 e. The number of aromatic nitrogens is 2. The number of nitrogens with zero attached hydrogens (tertiary/aromatic N) is 2. The molecule has 0 aliphatic heterocycles. The third-order valence-electron chi connectivity index (χ3n) is 3.02. The molecule has 2 aromatic carbocycles. The molecule has 1 atom stereocenters. The van der Waals surface area contributed by atoms with Crippen LogP contribution in [0.5, 0.6) is 0 Å². The Kier molecular flexibility index (Phi) is 4.35. The van der Waals surface area contributed by atoms with Crippen LogP contribution in [0.25, 0.3) is 10.6 Å². The second-order valence-corrected chi connectivity index (χ2v) is 6.76. The summed E-state index contributed by atoms with van der Waals surface area (Å²) in [5, 5.41) is 10.7. The van der Waals surface area contributed by atoms with Crippen LogP contribution in [-0.2, 0) is 0 Å². The van der Waals surface area contributed by atoms with Crippen LogP contribution in [0.15, 0.2) is 53.0 Å². The third-order valence-corrected chi connectivity index (χ3v) is 4.99. The fourth-order valence-electron chi connectivity index (χ4n) is 1.93. The fraction of sp³-hybridized carbons (Fsp3) is 0.0667. The van der Waals surface area contributed by atoms with Gasteiger partial charge in [-0.2, -0.15) is 0 Å². The highest BCUT2D eigenvalue weighted by Crippen LogP contribution is 2.34. The van der Waals surface area contributed by atoms with Crippen LogP contribution in [0.4, 0.5) is 0 Å². The maximum atomic E-state index is 6.25. The summed E-state index contributed by atoms with van der Waals surface area (Å²) in [6.07, 6.45) is 0. The minimum Gasteiger partial charge on any atom is -0.318 e. The first-order valence-electron chi connectivity index (χ1n) is 6.24. The molecule has 0 radical (unpaired) electrons. The summed E-state index contributed by atoms with van der Waals surface area (Å²) in [6.45, 7) is 0. The normalized spacial score (nSPS) is 12.3. The van der Waals surface area contributed by atoms with E-state index in [2.05, 4.69) is 26.1 Å². The second-order valence-electron chi connectivity index (χ2n) is 4.46. The Morgan fingerprint density at radius 2 is 1.86 bits per heavy atom. The first-order chi connectivity index (χ1) is 10.1. The van der Waals surface area contributed by atoms with Crippen molar-refractivity contribution in [3.05, 3.63) is 68.6 Å². The molecule has 106 valence electrons. The quantitative estimate of drug-likeness (QED) is 0.718. The van der Waals surface area contributed by atoms with Crippen molar-refractivity contribution in [2.24, 2.45) is 5.73 Å². The van der Waals surface area contributed by atoms with Gasteiger partial charge in [-0.25, -0.2) is 0 Å². The molecule has 2 N–H and O–H groups in total. The Labute approximate surface area is 139 Å². The van der Waals surface area contributed by atoms with E-state index in [1.807, 2.05) is 48.5 Å². The van der Waals surface area contributed by atoms with Crippen molar-refractivity contribution in [1.82, 2.24) is 10.2 Å². The molecule has 3 aromatic rings. The maximum absolute atomic E-state index is 6.25. The predicted octanol–water partition coefficient (Wildman–Crippen LogP) is 4.67. The van der Waals surface area contributed by atoms with Crippen molar-refractivity contribution in [2.75, 3.05) is 0 Å². The Bertz CT molecular complexity index is 761. The van der Waals surface area contributed by atoms with Crippen molar-refractivity contribution < 1.29 is 0 Å². The molecule has 6 heteroatoms. The molecular weight excluding hydrogens is 370 g/mol. The van der Waals surface area contributed by atoms with E-state index in [0.717, 1.165) is 25.6 Å². The van der Waals surface area contributed by atoms with Crippen molar-refractivity contribution in [3.8, 4) is 10.6 Å². The van der Waals surface area contributed by atoms with Gasteiger partial charge in [0.1, 0.15) is 10.0 Å². The standard InChI is InChI=1S/C15H11BrClN3S/c16-12-7-6-10(17)8-11(12)14-19-20-15(21-14)13(18)9-4-2-1-3-5-9/h1-8,13H,18H2. The van der Waals surface area contributed by atoms with E-state index in [0.29, 0.717) is 5.02 Å². The lowest BCUT2D eigenvalue weighted by Crippen LogP contribution is -2.11. The van der Waals surface area contributed by atoms with Crippen LogP contribution in [0, 0.1) is 0 Å². The predicted molar refractivity (Wildman–Crippen MR) is 90.5 cm³/mol. The average molecular weight is 381 g/mol. The van der Waals surface area contributed by atoms with Crippen molar-refractivity contribution in [1.29, 1.82) is 0 Å². The second kappa shape index (κ2) is 6.23. The summed E-state index contributed by atoms with van der Waals surface area (Å²) in [5.74, 6) is 0. The Morgan fingerprint density at radius 3 is 2.62 bits per heavy atom. The minimum absolute atomic E-state index is 0.268. The minimum atomic E-state index is -0.268. The molecule has 1 aromatic heterocycles. The average Bonchev–Trinajstić information content (AvgIpc) is 2.99. The van der Waals surface area contributed by atoms with Gasteiger partial charge in [0.2, 0.25) is 0 Å². The van der Waals surface area contributed by atoms with Gasteiger partial charge >= 0.3 is 0 Å². The van der Waals surface area contributed by atoms with Crippen molar-refractivity contribution in [3.63, 3.8) is 0 Å². The van der Waals surface area contributed by atoms with E-state index in [1.54, 1.807) is 0 Å². The molecule has 0 aliphatic rings. The van der Waals surface area contributed by atoms with Gasteiger partial charge in [0.05, 0.1) is 6.04 Å². The molecule has 0 fully saturated rings. The highest BCUT2D eigenvalue weighted by atomic mass is 79.9. The van der Waals surface area contributed by atoms with Crippen LogP contribution in [-0.4, -0.2) is 10.2 Å². The van der Waals surface area contributed by atoms with Gasteiger partial charge in [0.15, 0.2) is 0 Å². The molecule has 0 amide bonds. The van der Waals surface area contributed by atoms with Crippen LogP contribution in [0.3, 0.4) is 0 Å². The molecule has 0 aliphatic carbocycles. The zero-order chi connectivity index (χ0) is 14.8. The Morgan fingerprint density at radius 1 is 1.10 bits per heavy atom. The lowest BCUT2D eigenvalue weighted by Gasteiger charge is -2.07. The lowest BCUT2D eigenvalue weighted by atomic mass is 10.1. The zero-order valence-corrected chi connectivity index (χ0v) is 14.0. The van der Waals surface area contributed by atoms with E-state index >= 15 is 0 Å². The highest BCUT2D eigenvalue weighted by molar-refractivity contribution is 9.10. The van der Waals surface area contributed by atoms with Gasteiger partial charge in [0.25, 0.3) is 0 Å². The van der Waals surface area contributed by atoms with Gasteiger partial charge in [-0.1, -0.05) is 69.2 Å². The lowest BCUT2D eigenvalue weighted by molar-refractivity contribution is 0.831. The summed E-state index contributed by atoms with van der Waals surface area (Å²) in [6, 6.07) is 15.2. The number of hydrogen-bond donors (Lipinski definition) is 1. The Balaban J connectivity index is 1.95. The topological polar surface area (TPSA) is 51.8 Å². The van der Waals surface area contributed by atoms with Gasteiger partial charge in [-0.3, -0.25) is 0 Å². The summed E-state index contributed by atoms with van der Waals surface area (Å²) in [7, 11) is 0. The molecule has 3 nitrogen and oxygen atoms in total. The molecule has 0 saturated heterocycles. The van der Waals surface area contributed by atoms with Gasteiger partial charge in [-0.15, -0.1) is 10.2 Å². The van der Waals surface area contributed by atoms with Crippen LogP contribution >= 0.6 is 38.9 Å². The van der Waals surface area contributed by atoms with Gasteiger partial charge < -0.3 is 5.73 Å². The summed E-state index contributed by atoms with van der Waals surface area (Å²) in [5.41, 5.74) is 8.19. The molecule has 0 saturated carbocycles. The van der Waals surface area contributed by atoms with Crippen LogP contribution < -0.4 is 5.73 Å². The summed E-state index contributed by atoms with van der Waals surface area (Å²) < 4.78 is 0.933. The fourth-order valence-corrected chi connectivity index (χ4v) is 3.57. The monoisotopic (exact) mass is 379 g/mol. The third kappa shape index (κ3) is 3.16. The van der Waals surface area contributed by atoms with Gasteiger partial charge in [0, 0.05) is 15.1 Å². The first-order valence-corrected chi connectivity index (χ1v) is 8.23. The first kappa shape index (κ1) is 14.7. The molecule has 3 rings (SSSR count). The highest BCUT2D eigenvalue weighted by Gasteiger charge is 2.16. The molecule has 21 heavy (non-hydrogen) atoms. The number of nitrogens with two attached hydrogens (primary N) is 1. The van der Waals surface area contributed by atoms with E-state index in [1.165, 1.54) is 11.3 Å². The zero-order valence-electron chi connectivity index (χ0n) is 10.8. The Hall–Kier alpha value is -1.27. The van der Waals surface area contributed by atoms with Crippen molar-refractivity contribution in [2.45, 2.75) is 6.04 Å². The van der Waals surface area contributed by atoms with E-state index in [9.17, 15) is 0 Å². The van der Waals surface area contributed by atoms with Gasteiger partial charge in [-0.05, 0) is 23.8 Å². The SMILES string of the molecule is NC(c1ccccc1)c1nnc(-c2cc(Cl)ccc2Br)s1. The van der Waals surface area contributed by atoms with Crippen LogP contribution in [0.1, 0.15) is 16.6 Å². The number of benzene rings is 2. The van der Waals surface area contributed by atoms with E-state index in [-0.39, 0.29) is 6.04 Å². The summed E-state index contributed by atoms with van der Waals surface area (Å²) >= 11 is 11.0. The molecular formula is C15H11BrClN3S. The number of halogens is 2. The molecule has 0 spiro atoms. The smallest absolute Gasteiger partial charge is 0.149 e. The number of rotatable bonds is 3. The maximum Gasteiger partial charge on any atom is 0.149 e. The number of hydrogen-bond acceptors (Lipinski definition) is 4. The molecule has 0 bridgehead atoms.